The molecule has 6 heteroatoms. The van der Waals surface area contributed by atoms with Gasteiger partial charge in [-0.05, 0) is 50.1 Å². The van der Waals surface area contributed by atoms with Crippen LogP contribution in [0.25, 0.3) is 16.9 Å². The predicted octanol–water partition coefficient (Wildman–Crippen LogP) is 3.65. The molecule has 0 saturated carbocycles. The number of fused-ring (bicyclic) bond motifs is 1. The molecule has 0 bridgehead atoms. The average Bonchev–Trinajstić information content (AvgIpc) is 2.66. The molecule has 1 N–H and O–H groups in total. The molecule has 90 valence electrons. The van der Waals surface area contributed by atoms with E-state index in [1.165, 1.54) is 6.07 Å². The molecule has 1 aromatic carbocycles. The largest absolute Gasteiger partial charge is 0.493 e. The highest BCUT2D eigenvalue weighted by molar-refractivity contribution is 9.10. The van der Waals surface area contributed by atoms with Gasteiger partial charge in [0.1, 0.15) is 5.52 Å². The molecule has 0 unspecified atom stereocenters. The van der Waals surface area contributed by atoms with Gasteiger partial charge in [0, 0.05) is 10.5 Å². The molecule has 3 aromatic rings. The Morgan fingerprint density at radius 2 is 1.78 bits per heavy atom. The van der Waals surface area contributed by atoms with Crippen LogP contribution in [0.15, 0.2) is 45.6 Å². The fourth-order valence-electron chi connectivity index (χ4n) is 1.77. The Morgan fingerprint density at radius 1 is 1.00 bits per heavy atom. The van der Waals surface area contributed by atoms with E-state index < -0.39 is 0 Å². The average molecular weight is 369 g/mol. The summed E-state index contributed by atoms with van der Waals surface area (Å²) in [6, 6.07) is 11.0. The van der Waals surface area contributed by atoms with Crippen LogP contribution in [0, 0.1) is 0 Å². The van der Waals surface area contributed by atoms with Crippen molar-refractivity contribution in [1.29, 1.82) is 0 Å². The molecule has 0 radical (unpaired) electrons. The monoisotopic (exact) mass is 367 g/mol. The van der Waals surface area contributed by atoms with Crippen molar-refractivity contribution in [3.63, 3.8) is 0 Å². The fourth-order valence-corrected chi connectivity index (χ4v) is 2.78. The van der Waals surface area contributed by atoms with E-state index in [0.29, 0.717) is 10.4 Å². The Labute approximate surface area is 120 Å². The molecule has 0 aliphatic carbocycles. The maximum absolute atomic E-state index is 9.50. The molecule has 0 aliphatic heterocycles. The number of aromatic nitrogens is 3. The van der Waals surface area contributed by atoms with Gasteiger partial charge >= 0.3 is 0 Å². The van der Waals surface area contributed by atoms with Gasteiger partial charge < -0.3 is 5.11 Å². The van der Waals surface area contributed by atoms with Gasteiger partial charge in [0.25, 0.3) is 0 Å². The number of para-hydroxylation sites is 1. The summed E-state index contributed by atoms with van der Waals surface area (Å²) in [4.78, 5) is 8.48. The van der Waals surface area contributed by atoms with Gasteiger partial charge in [0.05, 0.1) is 5.69 Å². The van der Waals surface area contributed by atoms with Crippen LogP contribution in [0.5, 0.6) is 5.88 Å². The highest BCUT2D eigenvalue weighted by atomic mass is 79.9. The minimum Gasteiger partial charge on any atom is -0.493 e. The Kier molecular flexibility index (Phi) is 2.83. The zero-order valence-corrected chi connectivity index (χ0v) is 12.2. The van der Waals surface area contributed by atoms with E-state index in [-0.39, 0.29) is 5.88 Å². The van der Waals surface area contributed by atoms with Gasteiger partial charge in [0.2, 0.25) is 5.88 Å². The molecule has 18 heavy (non-hydrogen) atoms. The van der Waals surface area contributed by atoms with E-state index in [4.69, 9.17) is 0 Å². The fraction of sp³-hybridized carbons (Fsp3) is 0. The van der Waals surface area contributed by atoms with Gasteiger partial charge in [-0.2, -0.15) is 4.98 Å². The number of imidazole rings is 1. The first-order chi connectivity index (χ1) is 8.66. The SMILES string of the molecule is Oc1ccc2nc(Br)n(-c3ccccc3Br)c2n1. The van der Waals surface area contributed by atoms with Crippen molar-refractivity contribution < 1.29 is 5.11 Å². The molecule has 0 fully saturated rings. The number of rotatable bonds is 1. The third-order valence-corrected chi connectivity index (χ3v) is 3.74. The zero-order chi connectivity index (χ0) is 12.7. The van der Waals surface area contributed by atoms with Crippen LogP contribution in [0.4, 0.5) is 0 Å². The molecule has 0 spiro atoms. The smallest absolute Gasteiger partial charge is 0.212 e. The summed E-state index contributed by atoms with van der Waals surface area (Å²) in [5.74, 6) is -0.0248. The summed E-state index contributed by atoms with van der Waals surface area (Å²) in [7, 11) is 0. The minimum absolute atomic E-state index is 0.0248. The van der Waals surface area contributed by atoms with E-state index in [2.05, 4.69) is 41.8 Å². The lowest BCUT2D eigenvalue weighted by molar-refractivity contribution is 0.455. The van der Waals surface area contributed by atoms with Crippen molar-refractivity contribution >= 4 is 43.0 Å². The second-order valence-corrected chi connectivity index (χ2v) is 5.24. The summed E-state index contributed by atoms with van der Waals surface area (Å²) in [6.07, 6.45) is 0. The van der Waals surface area contributed by atoms with Gasteiger partial charge in [-0.15, -0.1) is 0 Å². The summed E-state index contributed by atoms with van der Waals surface area (Å²) < 4.78 is 3.40. The quantitative estimate of drug-likeness (QED) is 0.713. The van der Waals surface area contributed by atoms with Crippen LogP contribution in [-0.2, 0) is 0 Å². The molecule has 2 aromatic heterocycles. The van der Waals surface area contributed by atoms with E-state index in [1.807, 2.05) is 28.8 Å². The number of aromatic hydroxyl groups is 1. The molecule has 0 aliphatic rings. The Morgan fingerprint density at radius 3 is 2.56 bits per heavy atom. The van der Waals surface area contributed by atoms with Crippen molar-refractivity contribution in [2.75, 3.05) is 0 Å². The van der Waals surface area contributed by atoms with Gasteiger partial charge in [-0.25, -0.2) is 4.98 Å². The lowest BCUT2D eigenvalue weighted by Crippen LogP contribution is -1.96. The van der Waals surface area contributed by atoms with E-state index in [1.54, 1.807) is 6.07 Å². The number of nitrogens with zero attached hydrogens (tertiary/aromatic N) is 3. The van der Waals surface area contributed by atoms with Crippen LogP contribution < -0.4 is 0 Å². The third kappa shape index (κ3) is 1.81. The van der Waals surface area contributed by atoms with Crippen molar-refractivity contribution in [2.24, 2.45) is 0 Å². The highest BCUT2D eigenvalue weighted by Gasteiger charge is 2.13. The number of benzene rings is 1. The molecule has 0 atom stereocenters. The van der Waals surface area contributed by atoms with E-state index in [9.17, 15) is 5.11 Å². The summed E-state index contributed by atoms with van der Waals surface area (Å²) in [5.41, 5.74) is 2.23. The summed E-state index contributed by atoms with van der Waals surface area (Å²) in [6.45, 7) is 0. The number of hydrogen-bond acceptors (Lipinski definition) is 3. The molecule has 3 rings (SSSR count). The topological polar surface area (TPSA) is 50.9 Å². The van der Waals surface area contributed by atoms with Crippen molar-refractivity contribution in [3.05, 3.63) is 45.6 Å². The molecule has 2 heterocycles. The van der Waals surface area contributed by atoms with Gasteiger partial charge in [-0.1, -0.05) is 12.1 Å². The van der Waals surface area contributed by atoms with Crippen LogP contribution >= 0.6 is 31.9 Å². The standard InChI is InChI=1S/C12H7Br2N3O/c13-7-3-1-2-4-9(7)17-11-8(15-12(17)14)5-6-10(18)16-11/h1-6H,(H,16,18). The number of pyridine rings is 1. The Balaban J connectivity index is 2.38. The first kappa shape index (κ1) is 11.7. The first-order valence-electron chi connectivity index (χ1n) is 5.15. The second kappa shape index (κ2) is 4.37. The molecule has 0 amide bonds. The van der Waals surface area contributed by atoms with Crippen molar-refractivity contribution in [2.45, 2.75) is 0 Å². The Hall–Kier alpha value is -1.40. The zero-order valence-electron chi connectivity index (χ0n) is 9.01. The minimum atomic E-state index is -0.0248. The normalized spacial score (nSPS) is 11.0. The first-order valence-corrected chi connectivity index (χ1v) is 6.74. The second-order valence-electron chi connectivity index (χ2n) is 3.68. The van der Waals surface area contributed by atoms with Crippen LogP contribution in [0.1, 0.15) is 0 Å². The number of hydrogen-bond donors (Lipinski definition) is 1. The molecular formula is C12H7Br2N3O. The van der Waals surface area contributed by atoms with Crippen LogP contribution in [-0.4, -0.2) is 19.6 Å². The summed E-state index contributed by atoms with van der Waals surface area (Å²) in [5, 5.41) is 9.50. The van der Waals surface area contributed by atoms with Crippen LogP contribution in [0.2, 0.25) is 0 Å². The van der Waals surface area contributed by atoms with Crippen molar-refractivity contribution in [3.8, 4) is 11.6 Å². The van der Waals surface area contributed by atoms with Crippen molar-refractivity contribution in [1.82, 2.24) is 14.5 Å². The molecule has 0 saturated heterocycles. The molecular weight excluding hydrogens is 362 g/mol. The molecule has 4 nitrogen and oxygen atoms in total. The maximum atomic E-state index is 9.50. The van der Waals surface area contributed by atoms with E-state index >= 15 is 0 Å². The van der Waals surface area contributed by atoms with E-state index in [0.717, 1.165) is 15.7 Å². The maximum Gasteiger partial charge on any atom is 0.212 e. The van der Waals surface area contributed by atoms with Crippen LogP contribution in [0.3, 0.4) is 0 Å². The lowest BCUT2D eigenvalue weighted by Gasteiger charge is -2.07. The third-order valence-electron chi connectivity index (χ3n) is 2.54. The highest BCUT2D eigenvalue weighted by Crippen LogP contribution is 2.29. The predicted molar refractivity (Wildman–Crippen MR) is 75.9 cm³/mol. The summed E-state index contributed by atoms with van der Waals surface area (Å²) >= 11 is 6.91. The number of halogens is 2. The Bertz CT molecular complexity index is 739. The van der Waals surface area contributed by atoms with Gasteiger partial charge in [0.15, 0.2) is 10.4 Å². The van der Waals surface area contributed by atoms with Gasteiger partial charge in [-0.3, -0.25) is 4.57 Å². The lowest BCUT2D eigenvalue weighted by atomic mass is 10.3.